The van der Waals surface area contributed by atoms with Gasteiger partial charge in [0.2, 0.25) is 0 Å². The molecule has 0 bridgehead atoms. The predicted molar refractivity (Wildman–Crippen MR) is 23.5 cm³/mol. The summed E-state index contributed by atoms with van der Waals surface area (Å²) in [4.78, 5) is 0. The van der Waals surface area contributed by atoms with E-state index >= 15 is 0 Å². The van der Waals surface area contributed by atoms with Crippen LogP contribution >= 0.6 is 0 Å². The van der Waals surface area contributed by atoms with E-state index in [1.54, 1.807) is 0 Å². The minimum Gasteiger partial charge on any atom is -0.307 e. The zero-order valence-electron chi connectivity index (χ0n) is 3.39. The summed E-state index contributed by atoms with van der Waals surface area (Å²) in [5.41, 5.74) is 2.96. The van der Waals surface area contributed by atoms with Crippen molar-refractivity contribution in [2.75, 3.05) is 0 Å². The molecule has 2 rings (SSSR count). The predicted octanol–water partition coefficient (Wildman–Crippen LogP) is -0.0361. The molecule has 1 aliphatic heterocycles. The van der Waals surface area contributed by atoms with Crippen LogP contribution in [0.2, 0.25) is 0 Å². The van der Waals surface area contributed by atoms with E-state index in [4.69, 9.17) is 0 Å². The molecule has 32 valence electrons. The molecule has 2 atom stereocenters. The van der Waals surface area contributed by atoms with Gasteiger partial charge in [0, 0.05) is 12.1 Å². The van der Waals surface area contributed by atoms with Crippen LogP contribution < -0.4 is 5.43 Å². The van der Waals surface area contributed by atoms with Crippen molar-refractivity contribution in [2.45, 2.75) is 12.5 Å². The Hall–Kier alpha value is -0.530. The number of nitrogens with one attached hydrogen (secondary N) is 1. The fraction of sp³-hybridized carbons (Fsp3) is 0.750. The van der Waals surface area contributed by atoms with Crippen molar-refractivity contribution >= 4 is 6.21 Å². The Balaban J connectivity index is 2.26. The lowest BCUT2D eigenvalue weighted by Gasteiger charge is -1.81. The summed E-state index contributed by atoms with van der Waals surface area (Å²) >= 11 is 0. The third-order valence-corrected chi connectivity index (χ3v) is 1.35. The molecule has 2 unspecified atom stereocenters. The van der Waals surface area contributed by atoms with Crippen LogP contribution in [0.15, 0.2) is 5.10 Å². The first kappa shape index (κ1) is 2.61. The molecule has 0 radical (unpaired) electrons. The second-order valence-electron chi connectivity index (χ2n) is 1.91. The van der Waals surface area contributed by atoms with Gasteiger partial charge in [0.05, 0.1) is 6.04 Å². The Morgan fingerprint density at radius 2 is 2.83 bits per heavy atom. The molecule has 0 aromatic heterocycles. The van der Waals surface area contributed by atoms with Gasteiger partial charge in [0.15, 0.2) is 0 Å². The normalized spacial score (nSPS) is 48.0. The second kappa shape index (κ2) is 0.600. The van der Waals surface area contributed by atoms with Crippen molar-refractivity contribution in [3.8, 4) is 0 Å². The molecule has 1 heterocycles. The maximum absolute atomic E-state index is 3.84. The molecule has 2 nitrogen and oxygen atoms in total. The summed E-state index contributed by atoms with van der Waals surface area (Å²) in [6.45, 7) is 0. The molecule has 0 spiro atoms. The monoisotopic (exact) mass is 82.1 g/mol. The number of rotatable bonds is 0. The van der Waals surface area contributed by atoms with Gasteiger partial charge in [-0.3, -0.25) is 0 Å². The first-order chi connectivity index (χ1) is 2.97. The minimum absolute atomic E-state index is 0.741. The van der Waals surface area contributed by atoms with Gasteiger partial charge in [0.1, 0.15) is 0 Å². The fourth-order valence-electron chi connectivity index (χ4n) is 0.762. The molecule has 6 heavy (non-hydrogen) atoms. The van der Waals surface area contributed by atoms with Gasteiger partial charge in [-0.2, -0.15) is 5.10 Å². The van der Waals surface area contributed by atoms with Gasteiger partial charge in [0.25, 0.3) is 0 Å². The molecule has 0 saturated heterocycles. The van der Waals surface area contributed by atoms with E-state index in [0.29, 0.717) is 0 Å². The molecule has 1 saturated carbocycles. The van der Waals surface area contributed by atoms with Gasteiger partial charge in [-0.15, -0.1) is 0 Å². The van der Waals surface area contributed by atoms with Crippen LogP contribution in [0.4, 0.5) is 0 Å². The Morgan fingerprint density at radius 3 is 3.00 bits per heavy atom. The lowest BCUT2D eigenvalue weighted by Crippen LogP contribution is -2.02. The summed E-state index contributed by atoms with van der Waals surface area (Å²) in [5.74, 6) is 0.810. The number of hydrogen-bond donors (Lipinski definition) is 1. The number of nitrogens with zero attached hydrogens (tertiary/aromatic N) is 1. The highest BCUT2D eigenvalue weighted by Gasteiger charge is 2.38. The Kier molecular flexibility index (Phi) is 0.261. The van der Waals surface area contributed by atoms with Crippen LogP contribution in [0.25, 0.3) is 0 Å². The first-order valence-corrected chi connectivity index (χ1v) is 2.25. The zero-order valence-corrected chi connectivity index (χ0v) is 3.39. The lowest BCUT2D eigenvalue weighted by atomic mass is 10.5. The smallest absolute Gasteiger partial charge is 0.0526 e. The van der Waals surface area contributed by atoms with Crippen molar-refractivity contribution in [3.05, 3.63) is 0 Å². The summed E-state index contributed by atoms with van der Waals surface area (Å²) in [7, 11) is 0. The number of hydrogen-bond acceptors (Lipinski definition) is 2. The molecule has 2 aliphatic rings. The van der Waals surface area contributed by atoms with Crippen LogP contribution in [0, 0.1) is 5.92 Å². The lowest BCUT2D eigenvalue weighted by molar-refractivity contribution is 0.760. The van der Waals surface area contributed by atoms with Gasteiger partial charge in [-0.1, -0.05) is 0 Å². The largest absolute Gasteiger partial charge is 0.307 e. The molecule has 1 N–H and O–H groups in total. The highest BCUT2D eigenvalue weighted by Crippen LogP contribution is 2.31. The topological polar surface area (TPSA) is 24.4 Å². The minimum atomic E-state index is 0.741. The molecular weight excluding hydrogens is 76.1 g/mol. The quantitative estimate of drug-likeness (QED) is 0.436. The first-order valence-electron chi connectivity index (χ1n) is 2.25. The number of fused-ring (bicyclic) bond motifs is 1. The summed E-state index contributed by atoms with van der Waals surface area (Å²) in [5, 5.41) is 3.84. The summed E-state index contributed by atoms with van der Waals surface area (Å²) in [6.07, 6.45) is 3.31. The van der Waals surface area contributed by atoms with E-state index in [-0.39, 0.29) is 0 Å². The van der Waals surface area contributed by atoms with Crippen LogP contribution in [-0.2, 0) is 0 Å². The third kappa shape index (κ3) is 0.161. The molecule has 0 amide bonds. The highest BCUT2D eigenvalue weighted by atomic mass is 15.3. The maximum Gasteiger partial charge on any atom is 0.0526 e. The van der Waals surface area contributed by atoms with E-state index in [1.165, 1.54) is 6.42 Å². The van der Waals surface area contributed by atoms with Crippen LogP contribution in [0.5, 0.6) is 0 Å². The van der Waals surface area contributed by atoms with E-state index < -0.39 is 0 Å². The Bertz CT molecular complexity index is 97.7. The average molecular weight is 82.1 g/mol. The van der Waals surface area contributed by atoms with Crippen molar-refractivity contribution in [2.24, 2.45) is 11.0 Å². The molecule has 2 heteroatoms. The van der Waals surface area contributed by atoms with Gasteiger partial charge >= 0.3 is 0 Å². The van der Waals surface area contributed by atoms with E-state index in [0.717, 1.165) is 12.0 Å². The molecular formula is C4H6N2. The molecule has 0 aromatic carbocycles. The third-order valence-electron chi connectivity index (χ3n) is 1.35. The summed E-state index contributed by atoms with van der Waals surface area (Å²) < 4.78 is 0. The Morgan fingerprint density at radius 1 is 1.83 bits per heavy atom. The van der Waals surface area contributed by atoms with Crippen LogP contribution in [0.3, 0.4) is 0 Å². The number of hydrazone groups is 1. The molecule has 0 aromatic rings. The van der Waals surface area contributed by atoms with Crippen LogP contribution in [0.1, 0.15) is 6.42 Å². The van der Waals surface area contributed by atoms with E-state index in [1.807, 2.05) is 6.21 Å². The standard InChI is InChI=1S/C4H6N2/c1-3-2-5-6-4(1)3/h2-4,6H,1H2. The van der Waals surface area contributed by atoms with E-state index in [2.05, 4.69) is 10.5 Å². The highest BCUT2D eigenvalue weighted by molar-refractivity contribution is 5.68. The van der Waals surface area contributed by atoms with Crippen LogP contribution in [-0.4, -0.2) is 12.3 Å². The summed E-state index contributed by atoms with van der Waals surface area (Å²) in [6, 6.07) is 0.741. The van der Waals surface area contributed by atoms with Gasteiger partial charge in [-0.05, 0) is 6.42 Å². The average Bonchev–Trinajstić information content (AvgIpc) is 2.17. The fourth-order valence-corrected chi connectivity index (χ4v) is 0.762. The second-order valence-corrected chi connectivity index (χ2v) is 1.91. The van der Waals surface area contributed by atoms with Crippen molar-refractivity contribution in [3.63, 3.8) is 0 Å². The molecule has 1 fully saturated rings. The maximum atomic E-state index is 3.84. The van der Waals surface area contributed by atoms with E-state index in [9.17, 15) is 0 Å². The molecule has 1 aliphatic carbocycles. The van der Waals surface area contributed by atoms with Crippen molar-refractivity contribution < 1.29 is 0 Å². The van der Waals surface area contributed by atoms with Gasteiger partial charge < -0.3 is 5.43 Å². The Labute approximate surface area is 36.2 Å². The van der Waals surface area contributed by atoms with Gasteiger partial charge in [-0.25, -0.2) is 0 Å². The SMILES string of the molecule is C1=NNC2CC12. The zero-order chi connectivity index (χ0) is 3.98. The van der Waals surface area contributed by atoms with Crippen molar-refractivity contribution in [1.29, 1.82) is 0 Å². The van der Waals surface area contributed by atoms with Crippen molar-refractivity contribution in [1.82, 2.24) is 5.43 Å².